The van der Waals surface area contributed by atoms with Gasteiger partial charge in [-0.05, 0) is 30.5 Å². The van der Waals surface area contributed by atoms with Gasteiger partial charge in [-0.2, -0.15) is 0 Å². The maximum atomic E-state index is 12.9. The molecule has 4 amide bonds. The number of hydrogen-bond donors (Lipinski definition) is 6. The average Bonchev–Trinajstić information content (AvgIpc) is 2.75. The van der Waals surface area contributed by atoms with Gasteiger partial charge in [-0.15, -0.1) is 0 Å². The second-order valence-corrected chi connectivity index (χ2v) is 8.04. The van der Waals surface area contributed by atoms with Crippen LogP contribution in [-0.4, -0.2) is 70.3 Å². The smallest absolute Gasteiger partial charge is 0.333 e. The fraction of sp³-hybridized carbons (Fsp3) is 0.455. The Kier molecular flexibility index (Phi) is 10.7. The Morgan fingerprint density at radius 1 is 0.882 bits per heavy atom. The van der Waals surface area contributed by atoms with Crippen LogP contribution in [0.4, 0.5) is 0 Å². The SMILES string of the molecule is CC(=O)N[C@@H](Cc1ccc(O)cc1)C(=O)N[C@H](C(=O)N[C@@H](C)C(=O)N[C@@H](C=O)C(=O)O)C(C)C. The largest absolute Gasteiger partial charge is 0.508 e. The summed E-state index contributed by atoms with van der Waals surface area (Å²) in [6.07, 6.45) is 0.140. The van der Waals surface area contributed by atoms with Crippen molar-refractivity contribution >= 4 is 35.9 Å². The Morgan fingerprint density at radius 2 is 1.47 bits per heavy atom. The Bertz CT molecular complexity index is 916. The average molecular weight is 479 g/mol. The molecule has 4 atom stereocenters. The predicted molar refractivity (Wildman–Crippen MR) is 119 cm³/mol. The summed E-state index contributed by atoms with van der Waals surface area (Å²) in [7, 11) is 0. The van der Waals surface area contributed by atoms with Crippen LogP contribution in [0, 0.1) is 5.92 Å². The summed E-state index contributed by atoms with van der Waals surface area (Å²) in [6, 6.07) is 1.01. The second kappa shape index (κ2) is 12.9. The number of amides is 4. The van der Waals surface area contributed by atoms with Gasteiger partial charge in [0.25, 0.3) is 0 Å². The van der Waals surface area contributed by atoms with Gasteiger partial charge in [0.05, 0.1) is 0 Å². The lowest BCUT2D eigenvalue weighted by Gasteiger charge is -2.26. The molecule has 0 spiro atoms. The van der Waals surface area contributed by atoms with Crippen LogP contribution >= 0.6 is 0 Å². The molecule has 0 saturated heterocycles. The molecule has 0 bridgehead atoms. The fourth-order valence-electron chi connectivity index (χ4n) is 2.91. The van der Waals surface area contributed by atoms with Crippen molar-refractivity contribution in [1.82, 2.24) is 21.3 Å². The van der Waals surface area contributed by atoms with Crippen LogP contribution in [0.3, 0.4) is 0 Å². The van der Waals surface area contributed by atoms with Crippen LogP contribution in [0.5, 0.6) is 5.75 Å². The Morgan fingerprint density at radius 3 is 1.94 bits per heavy atom. The topological polar surface area (TPSA) is 191 Å². The first-order chi connectivity index (χ1) is 15.8. The molecule has 0 aromatic heterocycles. The number of aromatic hydroxyl groups is 1. The first-order valence-electron chi connectivity index (χ1n) is 10.5. The third-order valence-electron chi connectivity index (χ3n) is 4.77. The molecule has 0 aliphatic carbocycles. The first kappa shape index (κ1) is 28.1. The van der Waals surface area contributed by atoms with Crippen molar-refractivity contribution in [2.24, 2.45) is 5.92 Å². The van der Waals surface area contributed by atoms with E-state index in [0.29, 0.717) is 5.56 Å². The maximum absolute atomic E-state index is 12.9. The Hall–Kier alpha value is -3.96. The molecular weight excluding hydrogens is 448 g/mol. The van der Waals surface area contributed by atoms with E-state index in [4.69, 9.17) is 5.11 Å². The van der Waals surface area contributed by atoms with Gasteiger partial charge in [0.2, 0.25) is 23.6 Å². The number of carboxylic acids is 1. The third kappa shape index (κ3) is 8.88. The standard InChI is InChI=1S/C22H30N4O8/c1-11(2)18(21(32)23-12(3)19(30)25-17(10-27)22(33)34)26-20(31)16(24-13(4)28)9-14-5-7-15(29)8-6-14/h5-8,10-12,16-18,29H,9H2,1-4H3,(H,23,32)(H,24,28)(H,25,30)(H,26,31)(H,33,34)/t12-,16-,17-,18-/m0/s1. The van der Waals surface area contributed by atoms with Gasteiger partial charge in [0, 0.05) is 13.3 Å². The summed E-state index contributed by atoms with van der Waals surface area (Å²) in [6.45, 7) is 5.86. The summed E-state index contributed by atoms with van der Waals surface area (Å²) in [5.74, 6) is -4.62. The lowest BCUT2D eigenvalue weighted by Crippen LogP contribution is -2.58. The Balaban J connectivity index is 2.90. The van der Waals surface area contributed by atoms with Crippen molar-refractivity contribution in [2.45, 2.75) is 58.3 Å². The maximum Gasteiger partial charge on any atom is 0.333 e. The van der Waals surface area contributed by atoms with E-state index in [1.54, 1.807) is 26.0 Å². The van der Waals surface area contributed by atoms with Crippen LogP contribution in [0.15, 0.2) is 24.3 Å². The van der Waals surface area contributed by atoms with Gasteiger partial charge in [0.1, 0.15) is 23.9 Å². The first-order valence-corrected chi connectivity index (χ1v) is 10.5. The van der Waals surface area contributed by atoms with Crippen molar-refractivity contribution in [3.8, 4) is 5.75 Å². The lowest BCUT2D eigenvalue weighted by molar-refractivity contribution is -0.143. The quantitative estimate of drug-likeness (QED) is 0.160. The molecule has 0 aliphatic heterocycles. The molecule has 1 aromatic rings. The van der Waals surface area contributed by atoms with E-state index in [0.717, 1.165) is 0 Å². The summed E-state index contributed by atoms with van der Waals surface area (Å²) < 4.78 is 0. The number of hydrogen-bond acceptors (Lipinski definition) is 7. The molecule has 0 radical (unpaired) electrons. The van der Waals surface area contributed by atoms with E-state index in [1.807, 2.05) is 5.32 Å². The lowest BCUT2D eigenvalue weighted by atomic mass is 10.0. The summed E-state index contributed by atoms with van der Waals surface area (Å²) >= 11 is 0. The molecule has 0 saturated carbocycles. The van der Waals surface area contributed by atoms with Gasteiger partial charge in [-0.25, -0.2) is 4.79 Å². The van der Waals surface area contributed by atoms with E-state index >= 15 is 0 Å². The molecule has 12 nitrogen and oxygen atoms in total. The molecule has 34 heavy (non-hydrogen) atoms. The third-order valence-corrected chi connectivity index (χ3v) is 4.77. The Labute approximate surface area is 196 Å². The van der Waals surface area contributed by atoms with Crippen LogP contribution in [0.1, 0.15) is 33.3 Å². The molecule has 186 valence electrons. The minimum absolute atomic E-state index is 0.0433. The number of benzene rings is 1. The van der Waals surface area contributed by atoms with Crippen molar-refractivity contribution in [3.63, 3.8) is 0 Å². The molecule has 6 N–H and O–H groups in total. The number of phenolic OH excluding ortho intramolecular Hbond substituents is 1. The van der Waals surface area contributed by atoms with Crippen molar-refractivity contribution in [3.05, 3.63) is 29.8 Å². The fourth-order valence-corrected chi connectivity index (χ4v) is 2.91. The van der Waals surface area contributed by atoms with Gasteiger partial charge in [-0.1, -0.05) is 26.0 Å². The van der Waals surface area contributed by atoms with Crippen molar-refractivity contribution in [2.75, 3.05) is 0 Å². The molecule has 1 aromatic carbocycles. The normalized spacial score (nSPS) is 14.1. The minimum atomic E-state index is -1.76. The minimum Gasteiger partial charge on any atom is -0.508 e. The van der Waals surface area contributed by atoms with Crippen LogP contribution < -0.4 is 21.3 Å². The molecule has 0 unspecified atom stereocenters. The van der Waals surface area contributed by atoms with Crippen LogP contribution in [0.25, 0.3) is 0 Å². The van der Waals surface area contributed by atoms with E-state index in [-0.39, 0.29) is 18.5 Å². The van der Waals surface area contributed by atoms with E-state index in [9.17, 15) is 33.9 Å². The second-order valence-electron chi connectivity index (χ2n) is 8.04. The molecule has 0 fully saturated rings. The van der Waals surface area contributed by atoms with E-state index < -0.39 is 59.7 Å². The van der Waals surface area contributed by atoms with Gasteiger partial charge < -0.3 is 36.3 Å². The number of aliphatic carboxylic acids is 1. The van der Waals surface area contributed by atoms with Gasteiger partial charge >= 0.3 is 5.97 Å². The summed E-state index contributed by atoms with van der Waals surface area (Å²) in [4.78, 5) is 71.1. The van der Waals surface area contributed by atoms with Gasteiger partial charge in [-0.3, -0.25) is 19.2 Å². The highest BCUT2D eigenvalue weighted by molar-refractivity contribution is 5.98. The molecule has 1 rings (SSSR count). The van der Waals surface area contributed by atoms with Crippen LogP contribution in [-0.2, 0) is 35.2 Å². The molecule has 0 heterocycles. The highest BCUT2D eigenvalue weighted by atomic mass is 16.4. The summed E-state index contributed by atoms with van der Waals surface area (Å²) in [5, 5.41) is 27.7. The monoisotopic (exact) mass is 478 g/mol. The van der Waals surface area contributed by atoms with Crippen LogP contribution in [0.2, 0.25) is 0 Å². The number of carboxylic acid groups (broad SMARTS) is 1. The van der Waals surface area contributed by atoms with E-state index in [2.05, 4.69) is 16.0 Å². The number of rotatable bonds is 12. The predicted octanol–water partition coefficient (Wildman–Crippen LogP) is -1.15. The summed E-state index contributed by atoms with van der Waals surface area (Å²) in [5.41, 5.74) is 0.658. The highest BCUT2D eigenvalue weighted by Gasteiger charge is 2.31. The zero-order chi connectivity index (χ0) is 26.0. The number of aldehydes is 1. The molecular formula is C22H30N4O8. The number of phenols is 1. The number of nitrogens with one attached hydrogen (secondary N) is 4. The zero-order valence-electron chi connectivity index (χ0n) is 19.3. The molecule has 0 aliphatic rings. The number of carbonyl (C=O) groups excluding carboxylic acids is 5. The number of carbonyl (C=O) groups is 6. The molecule has 12 heteroatoms. The van der Waals surface area contributed by atoms with Gasteiger partial charge in [0.15, 0.2) is 12.3 Å². The zero-order valence-corrected chi connectivity index (χ0v) is 19.3. The van der Waals surface area contributed by atoms with Crippen molar-refractivity contribution < 1.29 is 39.0 Å². The highest BCUT2D eigenvalue weighted by Crippen LogP contribution is 2.12. The van der Waals surface area contributed by atoms with Crippen molar-refractivity contribution in [1.29, 1.82) is 0 Å². The van der Waals surface area contributed by atoms with E-state index in [1.165, 1.54) is 26.0 Å².